The van der Waals surface area contributed by atoms with Crippen molar-refractivity contribution in [2.45, 2.75) is 25.9 Å². The van der Waals surface area contributed by atoms with Gasteiger partial charge in [-0.25, -0.2) is 0 Å². The minimum absolute atomic E-state index is 0.803. The van der Waals surface area contributed by atoms with Crippen molar-refractivity contribution in [1.82, 2.24) is 0 Å². The van der Waals surface area contributed by atoms with Crippen LogP contribution < -0.4 is 5.40 Å². The van der Waals surface area contributed by atoms with Crippen LogP contribution in [0.1, 0.15) is 13.8 Å². The molecule has 2 nitrogen and oxygen atoms in total. The second kappa shape index (κ2) is 3.39. The van der Waals surface area contributed by atoms with E-state index in [0.29, 0.717) is 0 Å². The molecule has 0 bridgehead atoms. The second-order valence-corrected chi connectivity index (χ2v) is 7.15. The first-order valence-corrected chi connectivity index (χ1v) is 6.24. The summed E-state index contributed by atoms with van der Waals surface area (Å²) in [5, 5.41) is 5.85. The molecule has 0 saturated carbocycles. The lowest BCUT2D eigenvalue weighted by atomic mass is 10.9. The first-order chi connectivity index (χ1) is 3.68. The molecule has 2 N–H and O–H groups in total. The Labute approximate surface area is 55.2 Å². The average molecular weight is 149 g/mol. The molecule has 4 heteroatoms. The predicted octanol–water partition coefficient (Wildman–Crippen LogP) is -0.276. The molecule has 8 heavy (non-hydrogen) atoms. The summed E-state index contributed by atoms with van der Waals surface area (Å²) in [5.74, 6) is 0. The summed E-state index contributed by atoms with van der Waals surface area (Å²) in [5.41, 5.74) is 0. The van der Waals surface area contributed by atoms with Crippen LogP contribution in [0.5, 0.6) is 0 Å². The van der Waals surface area contributed by atoms with Gasteiger partial charge in [0.1, 0.15) is 10.5 Å². The van der Waals surface area contributed by atoms with Gasteiger partial charge in [-0.3, -0.25) is 0 Å². The molecule has 0 radical (unpaired) electrons. The summed E-state index contributed by atoms with van der Waals surface area (Å²) in [6.45, 7) is 4.21. The van der Waals surface area contributed by atoms with Crippen molar-refractivity contribution in [2.75, 3.05) is 0 Å². The summed E-state index contributed by atoms with van der Waals surface area (Å²) in [4.78, 5) is 0. The van der Waals surface area contributed by atoms with Crippen LogP contribution in [-0.2, 0) is 4.12 Å². The molecule has 0 saturated heterocycles. The van der Waals surface area contributed by atoms with Crippen molar-refractivity contribution in [1.29, 1.82) is 0 Å². The summed E-state index contributed by atoms with van der Waals surface area (Å²) in [7, 11) is -0.807. The largest absolute Gasteiger partial charge is 0.453 e. The van der Waals surface area contributed by atoms with Crippen LogP contribution in [0.3, 0.4) is 0 Å². The number of rotatable bonds is 3. The van der Waals surface area contributed by atoms with E-state index in [1.165, 1.54) is 0 Å². The minimum Gasteiger partial charge on any atom is -0.453 e. The Hall–Kier alpha value is 0.354. The van der Waals surface area contributed by atoms with Crippen molar-refractivity contribution in [2.24, 2.45) is 5.40 Å². The highest BCUT2D eigenvalue weighted by Crippen LogP contribution is 2.06. The number of nitrogens with two attached hydrogens (primary N) is 1. The van der Waals surface area contributed by atoms with Crippen LogP contribution >= 0.6 is 0 Å². The van der Waals surface area contributed by atoms with Crippen molar-refractivity contribution >= 4 is 19.0 Å². The molecule has 0 aromatic rings. The molecular formula is C4H15NOSi2. The Balaban J connectivity index is 3.58. The second-order valence-electron chi connectivity index (χ2n) is 1.98. The van der Waals surface area contributed by atoms with E-state index in [2.05, 4.69) is 13.8 Å². The van der Waals surface area contributed by atoms with E-state index in [9.17, 15) is 0 Å². The molecule has 0 aromatic carbocycles. The molecule has 0 spiro atoms. The van der Waals surface area contributed by atoms with Crippen LogP contribution in [0, 0.1) is 0 Å². The van der Waals surface area contributed by atoms with Crippen LogP contribution in [0.4, 0.5) is 0 Å². The van der Waals surface area contributed by atoms with Gasteiger partial charge in [-0.1, -0.05) is 13.8 Å². The molecule has 0 amide bonds. The monoisotopic (exact) mass is 149 g/mol. The molecule has 0 rings (SSSR count). The zero-order valence-electron chi connectivity index (χ0n) is 5.90. The van der Waals surface area contributed by atoms with E-state index in [0.717, 1.165) is 22.6 Å². The maximum absolute atomic E-state index is 5.85. The SMILES string of the molecule is CC[Si](N)(CC)O[SiH3]. The molecule has 50 valence electrons. The molecule has 0 aromatic heterocycles. The lowest BCUT2D eigenvalue weighted by Crippen LogP contribution is -2.46. The van der Waals surface area contributed by atoms with Gasteiger partial charge in [-0.05, 0) is 12.1 Å². The van der Waals surface area contributed by atoms with Gasteiger partial charge in [0.25, 0.3) is 8.48 Å². The van der Waals surface area contributed by atoms with Crippen molar-refractivity contribution in [3.8, 4) is 0 Å². The summed E-state index contributed by atoms with van der Waals surface area (Å²) < 4.78 is 5.29. The fourth-order valence-corrected chi connectivity index (χ4v) is 3.35. The molecule has 0 aliphatic heterocycles. The molecule has 0 aliphatic carbocycles. The third-order valence-electron chi connectivity index (χ3n) is 1.60. The van der Waals surface area contributed by atoms with Gasteiger partial charge in [-0.2, -0.15) is 0 Å². The fraction of sp³-hybridized carbons (Fsp3) is 1.00. The van der Waals surface area contributed by atoms with Crippen molar-refractivity contribution < 1.29 is 4.12 Å². The van der Waals surface area contributed by atoms with Gasteiger partial charge in [0.15, 0.2) is 0 Å². The third-order valence-corrected chi connectivity index (χ3v) is 7.25. The molecule has 0 atom stereocenters. The van der Waals surface area contributed by atoms with E-state index in [4.69, 9.17) is 9.51 Å². The Kier molecular flexibility index (Phi) is 3.54. The maximum atomic E-state index is 5.85. The van der Waals surface area contributed by atoms with E-state index in [-0.39, 0.29) is 0 Å². The Morgan fingerprint density at radius 3 is 1.88 bits per heavy atom. The Morgan fingerprint density at radius 1 is 1.50 bits per heavy atom. The molecular weight excluding hydrogens is 134 g/mol. The molecule has 0 heterocycles. The number of hydrogen-bond acceptors (Lipinski definition) is 2. The lowest BCUT2D eigenvalue weighted by Gasteiger charge is -2.20. The van der Waals surface area contributed by atoms with E-state index in [1.807, 2.05) is 0 Å². The maximum Gasteiger partial charge on any atom is 0.254 e. The van der Waals surface area contributed by atoms with Gasteiger partial charge >= 0.3 is 0 Å². The standard InChI is InChI=1S/C4H15NOSi2/c1-3-8(5,4-2)6-7/h3-5H2,1-2,7H3. The highest BCUT2D eigenvalue weighted by molar-refractivity contribution is 6.72. The van der Waals surface area contributed by atoms with Gasteiger partial charge in [-0.15, -0.1) is 0 Å². The number of hydrogen-bond donors (Lipinski definition) is 1. The highest BCUT2D eigenvalue weighted by Gasteiger charge is 2.22. The first kappa shape index (κ1) is 8.35. The van der Waals surface area contributed by atoms with E-state index in [1.54, 1.807) is 0 Å². The fourth-order valence-electron chi connectivity index (χ4n) is 0.539. The molecule has 0 aliphatic rings. The van der Waals surface area contributed by atoms with Crippen molar-refractivity contribution in [3.63, 3.8) is 0 Å². The minimum atomic E-state index is -1.61. The lowest BCUT2D eigenvalue weighted by molar-refractivity contribution is 0.589. The highest BCUT2D eigenvalue weighted by atomic mass is 28.4. The third kappa shape index (κ3) is 2.08. The van der Waals surface area contributed by atoms with Gasteiger partial charge in [0, 0.05) is 0 Å². The van der Waals surface area contributed by atoms with Crippen molar-refractivity contribution in [3.05, 3.63) is 0 Å². The van der Waals surface area contributed by atoms with Gasteiger partial charge < -0.3 is 9.51 Å². The Bertz CT molecular complexity index is 56.8. The predicted molar refractivity (Wildman–Crippen MR) is 41.9 cm³/mol. The van der Waals surface area contributed by atoms with Crippen LogP contribution in [0.25, 0.3) is 0 Å². The zero-order chi connectivity index (χ0) is 6.62. The van der Waals surface area contributed by atoms with Gasteiger partial charge in [0.05, 0.1) is 0 Å². The smallest absolute Gasteiger partial charge is 0.254 e. The summed E-state index contributed by atoms with van der Waals surface area (Å²) in [6.07, 6.45) is 0. The zero-order valence-corrected chi connectivity index (χ0v) is 8.90. The summed E-state index contributed by atoms with van der Waals surface area (Å²) >= 11 is 0. The van der Waals surface area contributed by atoms with Gasteiger partial charge in [0.2, 0.25) is 0 Å². The quantitative estimate of drug-likeness (QED) is 0.560. The molecule has 0 fully saturated rings. The molecule has 0 unspecified atom stereocenters. The average Bonchev–Trinajstić information content (AvgIpc) is 1.87. The van der Waals surface area contributed by atoms with Crippen LogP contribution in [-0.4, -0.2) is 19.0 Å². The topological polar surface area (TPSA) is 35.2 Å². The normalized spacial score (nSPS) is 12.4. The van der Waals surface area contributed by atoms with E-state index >= 15 is 0 Å². The summed E-state index contributed by atoms with van der Waals surface area (Å²) in [6, 6.07) is 2.10. The Morgan fingerprint density at radius 2 is 1.88 bits per heavy atom. The van der Waals surface area contributed by atoms with Crippen LogP contribution in [0.2, 0.25) is 12.1 Å². The van der Waals surface area contributed by atoms with Crippen LogP contribution in [0.15, 0.2) is 0 Å². The van der Waals surface area contributed by atoms with E-state index < -0.39 is 8.48 Å². The first-order valence-electron chi connectivity index (χ1n) is 3.02.